The Morgan fingerprint density at radius 2 is 1.56 bits per heavy atom. The Bertz CT molecular complexity index is 1230. The number of amides is 1. The smallest absolute Gasteiger partial charge is 0.339 e. The fourth-order valence-electron chi connectivity index (χ4n) is 3.05. The molecule has 0 radical (unpaired) electrons. The predicted molar refractivity (Wildman–Crippen MR) is 121 cm³/mol. The zero-order valence-corrected chi connectivity index (χ0v) is 18.2. The maximum absolute atomic E-state index is 13.1. The van der Waals surface area contributed by atoms with E-state index in [9.17, 15) is 24.5 Å². The molecule has 0 saturated carbocycles. The number of hydrogen-bond donors (Lipinski definition) is 1. The zero-order chi connectivity index (χ0) is 24.7. The van der Waals surface area contributed by atoms with Gasteiger partial charge in [0.25, 0.3) is 11.6 Å². The molecule has 10 heteroatoms. The Labute approximate surface area is 194 Å². The molecule has 1 amide bonds. The Balaban J connectivity index is 1.93. The predicted octanol–water partition coefficient (Wildman–Crippen LogP) is 3.93. The zero-order valence-electron chi connectivity index (χ0n) is 18.2. The van der Waals surface area contributed by atoms with Gasteiger partial charge in [-0.3, -0.25) is 14.9 Å². The summed E-state index contributed by atoms with van der Waals surface area (Å²) in [4.78, 5) is 48.4. The first-order valence-electron chi connectivity index (χ1n) is 9.91. The summed E-state index contributed by atoms with van der Waals surface area (Å²) in [7, 11) is 2.59. The maximum Gasteiger partial charge on any atom is 0.339 e. The number of hydrogen-bond acceptors (Lipinski definition) is 8. The average Bonchev–Trinajstić information content (AvgIpc) is 2.86. The molecule has 0 heterocycles. The van der Waals surface area contributed by atoms with Crippen LogP contribution in [0.15, 0.2) is 72.8 Å². The summed E-state index contributed by atoms with van der Waals surface area (Å²) in [5, 5.41) is 13.9. The molecule has 0 aliphatic heterocycles. The van der Waals surface area contributed by atoms with Crippen molar-refractivity contribution in [2.75, 3.05) is 19.5 Å². The minimum atomic E-state index is -1.39. The molecule has 1 N–H and O–H groups in total. The van der Waals surface area contributed by atoms with Crippen LogP contribution in [0.2, 0.25) is 0 Å². The van der Waals surface area contributed by atoms with Gasteiger partial charge in [0, 0.05) is 29.4 Å². The van der Waals surface area contributed by atoms with Gasteiger partial charge in [0.2, 0.25) is 6.10 Å². The fraction of sp³-hybridized carbons (Fsp3) is 0.125. The largest absolute Gasteiger partial charge is 0.497 e. The molecule has 3 rings (SSSR count). The molecule has 0 fully saturated rings. The van der Waals surface area contributed by atoms with Gasteiger partial charge in [0.15, 0.2) is 0 Å². The average molecular weight is 464 g/mol. The van der Waals surface area contributed by atoms with Crippen LogP contribution >= 0.6 is 0 Å². The summed E-state index contributed by atoms with van der Waals surface area (Å²) >= 11 is 0. The SMILES string of the molecule is COC(=O)c1cc(C(=O)OC(C(=O)Nc2cccc(OC)c2)c2ccccc2)cc([N+](=O)[O-])c1. The molecule has 0 aliphatic rings. The van der Waals surface area contributed by atoms with Crippen LogP contribution in [0.5, 0.6) is 5.75 Å². The summed E-state index contributed by atoms with van der Waals surface area (Å²) in [5.41, 5.74) is -0.225. The van der Waals surface area contributed by atoms with Crippen molar-refractivity contribution in [3.63, 3.8) is 0 Å². The highest BCUT2D eigenvalue weighted by Crippen LogP contribution is 2.25. The molecule has 34 heavy (non-hydrogen) atoms. The van der Waals surface area contributed by atoms with Crippen LogP contribution in [0.4, 0.5) is 11.4 Å². The highest BCUT2D eigenvalue weighted by Gasteiger charge is 2.27. The lowest BCUT2D eigenvalue weighted by molar-refractivity contribution is -0.384. The number of esters is 2. The molecule has 0 spiro atoms. The number of rotatable bonds is 8. The number of carbonyl (C=O) groups excluding carboxylic acids is 3. The highest BCUT2D eigenvalue weighted by atomic mass is 16.6. The number of nitrogens with one attached hydrogen (secondary N) is 1. The molecule has 3 aromatic carbocycles. The molecule has 1 atom stereocenters. The molecular weight excluding hydrogens is 444 g/mol. The van der Waals surface area contributed by atoms with Crippen molar-refractivity contribution < 1.29 is 33.5 Å². The minimum Gasteiger partial charge on any atom is -0.497 e. The first-order valence-corrected chi connectivity index (χ1v) is 9.91. The van der Waals surface area contributed by atoms with E-state index in [-0.39, 0.29) is 11.1 Å². The molecule has 0 aromatic heterocycles. The van der Waals surface area contributed by atoms with Gasteiger partial charge in [0.1, 0.15) is 5.75 Å². The minimum absolute atomic E-state index is 0.208. The lowest BCUT2D eigenvalue weighted by Crippen LogP contribution is -2.26. The molecule has 1 unspecified atom stereocenters. The van der Waals surface area contributed by atoms with E-state index in [0.29, 0.717) is 17.0 Å². The van der Waals surface area contributed by atoms with Crippen LogP contribution in [0.25, 0.3) is 0 Å². The van der Waals surface area contributed by atoms with Crippen LogP contribution in [0.3, 0.4) is 0 Å². The monoisotopic (exact) mass is 464 g/mol. The van der Waals surface area contributed by atoms with Gasteiger partial charge in [0.05, 0.1) is 30.3 Å². The lowest BCUT2D eigenvalue weighted by Gasteiger charge is -2.18. The molecule has 10 nitrogen and oxygen atoms in total. The van der Waals surface area contributed by atoms with E-state index in [1.807, 2.05) is 0 Å². The number of carbonyl (C=O) groups is 3. The third-order valence-electron chi connectivity index (χ3n) is 4.69. The van der Waals surface area contributed by atoms with E-state index in [1.54, 1.807) is 54.6 Å². The van der Waals surface area contributed by atoms with Gasteiger partial charge in [-0.25, -0.2) is 9.59 Å². The van der Waals surface area contributed by atoms with E-state index in [0.717, 1.165) is 25.3 Å². The second kappa shape index (κ2) is 10.7. The molecule has 3 aromatic rings. The molecular formula is C24H20N2O8. The Hall–Kier alpha value is -4.73. The summed E-state index contributed by atoms with van der Waals surface area (Å²) in [5.74, 6) is -2.05. The van der Waals surface area contributed by atoms with Crippen molar-refractivity contribution in [2.24, 2.45) is 0 Å². The normalized spacial score (nSPS) is 11.1. The van der Waals surface area contributed by atoms with E-state index >= 15 is 0 Å². The van der Waals surface area contributed by atoms with Gasteiger partial charge < -0.3 is 19.5 Å². The van der Waals surface area contributed by atoms with Crippen molar-refractivity contribution in [3.05, 3.63) is 99.6 Å². The number of anilines is 1. The first-order chi connectivity index (χ1) is 16.3. The summed E-state index contributed by atoms with van der Waals surface area (Å²) in [6.07, 6.45) is -1.39. The Kier molecular flexibility index (Phi) is 7.55. The van der Waals surface area contributed by atoms with Gasteiger partial charge in [-0.2, -0.15) is 0 Å². The van der Waals surface area contributed by atoms with E-state index in [2.05, 4.69) is 10.1 Å². The first kappa shape index (κ1) is 23.9. The number of nitro groups is 1. The number of ether oxygens (including phenoxy) is 3. The fourth-order valence-corrected chi connectivity index (χ4v) is 3.05. The number of nitrogens with zero attached hydrogens (tertiary/aromatic N) is 1. The summed E-state index contributed by atoms with van der Waals surface area (Å²) in [6.45, 7) is 0. The van der Waals surface area contributed by atoms with Gasteiger partial charge in [-0.1, -0.05) is 36.4 Å². The van der Waals surface area contributed by atoms with Gasteiger partial charge >= 0.3 is 11.9 Å². The number of non-ortho nitro benzene ring substituents is 1. The standard InChI is InChI=1S/C24H20N2O8/c1-32-20-10-6-9-18(14-20)25-22(27)21(15-7-4-3-5-8-15)34-24(29)17-11-16(23(28)33-2)12-19(13-17)26(30)31/h3-14,21H,1-2H3,(H,25,27). The van der Waals surface area contributed by atoms with Crippen molar-refractivity contribution in [1.29, 1.82) is 0 Å². The Morgan fingerprint density at radius 3 is 2.18 bits per heavy atom. The second-order valence-electron chi connectivity index (χ2n) is 6.93. The number of nitro benzene ring substituents is 1. The second-order valence-corrected chi connectivity index (χ2v) is 6.93. The van der Waals surface area contributed by atoms with Crippen molar-refractivity contribution in [3.8, 4) is 5.75 Å². The highest BCUT2D eigenvalue weighted by molar-refractivity contribution is 6.00. The van der Waals surface area contributed by atoms with Gasteiger partial charge in [-0.15, -0.1) is 0 Å². The summed E-state index contributed by atoms with van der Waals surface area (Å²) < 4.78 is 15.2. The van der Waals surface area contributed by atoms with E-state index in [4.69, 9.17) is 9.47 Å². The molecule has 0 aliphatic carbocycles. The van der Waals surface area contributed by atoms with Crippen LogP contribution in [0, 0.1) is 10.1 Å². The molecule has 0 bridgehead atoms. The third kappa shape index (κ3) is 5.74. The molecule has 0 saturated heterocycles. The van der Waals surface area contributed by atoms with Crippen molar-refractivity contribution in [1.82, 2.24) is 0 Å². The quantitative estimate of drug-likeness (QED) is 0.301. The van der Waals surface area contributed by atoms with Crippen LogP contribution in [-0.2, 0) is 14.3 Å². The maximum atomic E-state index is 13.1. The van der Waals surface area contributed by atoms with Crippen LogP contribution < -0.4 is 10.1 Å². The van der Waals surface area contributed by atoms with Crippen molar-refractivity contribution >= 4 is 29.2 Å². The van der Waals surface area contributed by atoms with Crippen molar-refractivity contribution in [2.45, 2.75) is 6.10 Å². The lowest BCUT2D eigenvalue weighted by atomic mass is 10.1. The van der Waals surface area contributed by atoms with Gasteiger partial charge in [-0.05, 0) is 18.2 Å². The topological polar surface area (TPSA) is 134 Å². The number of benzene rings is 3. The molecule has 174 valence electrons. The van der Waals surface area contributed by atoms with E-state index < -0.39 is 34.6 Å². The summed E-state index contributed by atoms with van der Waals surface area (Å²) in [6, 6.07) is 17.9. The Morgan fingerprint density at radius 1 is 0.882 bits per heavy atom. The van der Waals surface area contributed by atoms with Crippen LogP contribution in [0.1, 0.15) is 32.4 Å². The third-order valence-corrected chi connectivity index (χ3v) is 4.69. The van der Waals surface area contributed by atoms with Crippen LogP contribution in [-0.4, -0.2) is 37.0 Å². The number of methoxy groups -OCH3 is 2. The van der Waals surface area contributed by atoms with E-state index in [1.165, 1.54) is 7.11 Å².